The fourth-order valence-electron chi connectivity index (χ4n) is 5.23. The zero-order valence-electron chi connectivity index (χ0n) is 20.6. The van der Waals surface area contributed by atoms with Gasteiger partial charge in [0, 0.05) is 13.0 Å². The Hall–Kier alpha value is -2.37. The highest BCUT2D eigenvalue weighted by Crippen LogP contribution is 2.42. The molecule has 2 amide bonds. The van der Waals surface area contributed by atoms with Crippen LogP contribution in [0, 0.1) is 5.92 Å². The van der Waals surface area contributed by atoms with Crippen molar-refractivity contribution in [3.63, 3.8) is 0 Å². The molecule has 1 aromatic rings. The molecule has 3 rings (SSSR count). The van der Waals surface area contributed by atoms with Crippen LogP contribution < -0.4 is 11.1 Å². The van der Waals surface area contributed by atoms with E-state index in [1.54, 1.807) is 4.90 Å². The molecule has 3 N–H and O–H groups in total. The van der Waals surface area contributed by atoms with Crippen molar-refractivity contribution in [2.24, 2.45) is 16.6 Å². The van der Waals surface area contributed by atoms with E-state index in [4.69, 9.17) is 10.7 Å². The first-order valence-electron chi connectivity index (χ1n) is 13.0. The zero-order chi connectivity index (χ0) is 23.7. The number of carbonyl (C=O) groups excluding carboxylic acids is 2. The van der Waals surface area contributed by atoms with Crippen molar-refractivity contribution in [3.05, 3.63) is 35.4 Å². The maximum Gasteiger partial charge on any atom is 0.257 e. The summed E-state index contributed by atoms with van der Waals surface area (Å²) in [5.74, 6) is 0.858. The molecule has 2 aliphatic rings. The summed E-state index contributed by atoms with van der Waals surface area (Å²) in [5, 5.41) is 2.99. The smallest absolute Gasteiger partial charge is 0.257 e. The number of rotatable bonds is 12. The van der Waals surface area contributed by atoms with Gasteiger partial charge in [0.2, 0.25) is 5.91 Å². The minimum Gasteiger partial charge on any atom is -0.369 e. The summed E-state index contributed by atoms with van der Waals surface area (Å²) in [6.07, 6.45) is 12.3. The lowest BCUT2D eigenvalue weighted by Gasteiger charge is -2.36. The molecule has 1 aliphatic carbocycles. The summed E-state index contributed by atoms with van der Waals surface area (Å²) < 4.78 is 0. The Morgan fingerprint density at radius 3 is 2.39 bits per heavy atom. The Morgan fingerprint density at radius 2 is 1.73 bits per heavy atom. The van der Waals surface area contributed by atoms with Gasteiger partial charge < -0.3 is 11.1 Å². The van der Waals surface area contributed by atoms with Gasteiger partial charge in [0.15, 0.2) is 5.96 Å². The lowest BCUT2D eigenvalue weighted by molar-refractivity contribution is -0.134. The first-order valence-corrected chi connectivity index (χ1v) is 13.0. The lowest BCUT2D eigenvalue weighted by Crippen LogP contribution is -2.48. The van der Waals surface area contributed by atoms with Crippen LogP contribution in [0.1, 0.15) is 102 Å². The van der Waals surface area contributed by atoms with Crippen LogP contribution in [0.25, 0.3) is 0 Å². The van der Waals surface area contributed by atoms with Gasteiger partial charge in [-0.1, -0.05) is 83.1 Å². The summed E-state index contributed by atoms with van der Waals surface area (Å²) in [6.45, 7) is 5.27. The second-order valence-corrected chi connectivity index (χ2v) is 9.77. The first kappa shape index (κ1) is 25.3. The molecule has 1 unspecified atom stereocenters. The Bertz CT molecular complexity index is 814. The SMILES string of the molecule is CCCCCC(=O)NCc1ccc(CN2C(=O)C(CCCC)(C3CCCCC3)N=C2N)cc1. The Labute approximate surface area is 199 Å². The monoisotopic (exact) mass is 454 g/mol. The van der Waals surface area contributed by atoms with Gasteiger partial charge >= 0.3 is 0 Å². The summed E-state index contributed by atoms with van der Waals surface area (Å²) >= 11 is 0. The third-order valence-electron chi connectivity index (χ3n) is 7.26. The molecule has 1 saturated carbocycles. The van der Waals surface area contributed by atoms with Crippen molar-refractivity contribution >= 4 is 17.8 Å². The van der Waals surface area contributed by atoms with Crippen LogP contribution in [0.4, 0.5) is 0 Å². The molecule has 1 fully saturated rings. The van der Waals surface area contributed by atoms with Gasteiger partial charge in [-0.15, -0.1) is 0 Å². The Balaban J connectivity index is 1.61. The average molecular weight is 455 g/mol. The van der Waals surface area contributed by atoms with E-state index in [1.165, 1.54) is 19.3 Å². The molecule has 1 aliphatic heterocycles. The van der Waals surface area contributed by atoms with E-state index in [1.807, 2.05) is 24.3 Å². The molecule has 0 radical (unpaired) electrons. The molecule has 6 nitrogen and oxygen atoms in total. The first-order chi connectivity index (χ1) is 16.0. The van der Waals surface area contributed by atoms with Gasteiger partial charge in [-0.2, -0.15) is 0 Å². The van der Waals surface area contributed by atoms with Crippen LogP contribution in [0.5, 0.6) is 0 Å². The van der Waals surface area contributed by atoms with Crippen molar-refractivity contribution in [2.45, 2.75) is 110 Å². The maximum absolute atomic E-state index is 13.7. The molecule has 0 aromatic heterocycles. The lowest BCUT2D eigenvalue weighted by atomic mass is 9.72. The quantitative estimate of drug-likeness (QED) is 0.433. The van der Waals surface area contributed by atoms with Gasteiger partial charge in [-0.05, 0) is 42.7 Å². The van der Waals surface area contributed by atoms with Crippen molar-refractivity contribution in [1.29, 1.82) is 0 Å². The highest BCUT2D eigenvalue weighted by atomic mass is 16.2. The molecule has 33 heavy (non-hydrogen) atoms. The number of nitrogens with zero attached hydrogens (tertiary/aromatic N) is 2. The topological polar surface area (TPSA) is 87.8 Å². The maximum atomic E-state index is 13.7. The minimum absolute atomic E-state index is 0.0868. The van der Waals surface area contributed by atoms with Gasteiger partial charge in [0.05, 0.1) is 6.54 Å². The van der Waals surface area contributed by atoms with E-state index < -0.39 is 5.54 Å². The number of nitrogens with two attached hydrogens (primary N) is 1. The third-order valence-corrected chi connectivity index (χ3v) is 7.26. The van der Waals surface area contributed by atoms with Crippen LogP contribution >= 0.6 is 0 Å². The molecule has 6 heteroatoms. The van der Waals surface area contributed by atoms with E-state index in [0.29, 0.717) is 31.4 Å². The molecule has 0 bridgehead atoms. The minimum atomic E-state index is -0.664. The molecular weight excluding hydrogens is 412 g/mol. The van der Waals surface area contributed by atoms with Crippen LogP contribution in [0.3, 0.4) is 0 Å². The third kappa shape index (κ3) is 6.36. The average Bonchev–Trinajstić information content (AvgIpc) is 3.08. The Morgan fingerprint density at radius 1 is 1.06 bits per heavy atom. The standard InChI is InChI=1S/C27H42N4O2/c1-3-5-8-13-24(32)29-19-21-14-16-22(17-15-21)20-31-25(33)27(18-6-4-2,30-26(31)28)23-11-9-7-10-12-23/h14-17,23H,3-13,18-20H2,1-2H3,(H2,28,30)(H,29,32). The normalized spacial score (nSPS) is 21.3. The molecule has 0 spiro atoms. The number of carbonyl (C=O) groups is 2. The molecular formula is C27H42N4O2. The van der Waals surface area contributed by atoms with E-state index in [-0.39, 0.29) is 11.8 Å². The summed E-state index contributed by atoms with van der Waals surface area (Å²) in [5.41, 5.74) is 7.75. The van der Waals surface area contributed by atoms with Crippen LogP contribution in [0.15, 0.2) is 29.3 Å². The second-order valence-electron chi connectivity index (χ2n) is 9.77. The number of benzene rings is 1. The van der Waals surface area contributed by atoms with Crippen LogP contribution in [-0.2, 0) is 22.7 Å². The van der Waals surface area contributed by atoms with Gasteiger partial charge in [-0.25, -0.2) is 4.99 Å². The van der Waals surface area contributed by atoms with Crippen molar-refractivity contribution in [2.75, 3.05) is 0 Å². The predicted molar refractivity (Wildman–Crippen MR) is 133 cm³/mol. The number of guanidine groups is 1. The van der Waals surface area contributed by atoms with Crippen molar-refractivity contribution in [3.8, 4) is 0 Å². The van der Waals surface area contributed by atoms with Gasteiger partial charge in [0.1, 0.15) is 5.54 Å². The summed E-state index contributed by atoms with van der Waals surface area (Å²) in [7, 11) is 0. The van der Waals surface area contributed by atoms with Gasteiger partial charge in [-0.3, -0.25) is 14.5 Å². The fraction of sp³-hybridized carbons (Fsp3) is 0.667. The number of amides is 2. The predicted octanol–water partition coefficient (Wildman–Crippen LogP) is 5.05. The highest BCUT2D eigenvalue weighted by Gasteiger charge is 2.52. The molecule has 1 heterocycles. The fourth-order valence-corrected chi connectivity index (χ4v) is 5.23. The zero-order valence-corrected chi connectivity index (χ0v) is 20.6. The second kappa shape index (κ2) is 12.2. The Kier molecular flexibility index (Phi) is 9.33. The van der Waals surface area contributed by atoms with Crippen molar-refractivity contribution < 1.29 is 9.59 Å². The van der Waals surface area contributed by atoms with E-state index in [0.717, 1.165) is 62.5 Å². The molecule has 0 saturated heterocycles. The largest absolute Gasteiger partial charge is 0.369 e. The number of aliphatic imine (C=N–C) groups is 1. The molecule has 1 aromatic carbocycles. The van der Waals surface area contributed by atoms with Gasteiger partial charge in [0.25, 0.3) is 5.91 Å². The molecule has 1 atom stereocenters. The summed E-state index contributed by atoms with van der Waals surface area (Å²) in [4.78, 5) is 32.2. The number of unbranched alkanes of at least 4 members (excludes halogenated alkanes) is 3. The van der Waals surface area contributed by atoms with Crippen LogP contribution in [0.2, 0.25) is 0 Å². The van der Waals surface area contributed by atoms with Crippen molar-refractivity contribution in [1.82, 2.24) is 10.2 Å². The van der Waals surface area contributed by atoms with E-state index in [9.17, 15) is 9.59 Å². The molecule has 182 valence electrons. The van der Waals surface area contributed by atoms with E-state index >= 15 is 0 Å². The number of nitrogens with one attached hydrogen (secondary N) is 1. The summed E-state index contributed by atoms with van der Waals surface area (Å²) in [6, 6.07) is 8.07. The number of hydrogen-bond donors (Lipinski definition) is 2. The van der Waals surface area contributed by atoms with E-state index in [2.05, 4.69) is 19.2 Å². The van der Waals surface area contributed by atoms with Crippen LogP contribution in [-0.4, -0.2) is 28.2 Å². The number of hydrogen-bond acceptors (Lipinski definition) is 4. The highest BCUT2D eigenvalue weighted by molar-refractivity contribution is 6.07.